The van der Waals surface area contributed by atoms with Gasteiger partial charge in [-0.05, 0) is 31.2 Å². The molecule has 5 nitrogen and oxygen atoms in total. The van der Waals surface area contributed by atoms with Crippen LogP contribution in [0.1, 0.15) is 15.9 Å². The first kappa shape index (κ1) is 13.2. The number of amides is 1. The minimum atomic E-state index is -0.508. The fourth-order valence-electron chi connectivity index (χ4n) is 2.01. The molecule has 1 aliphatic heterocycles. The van der Waals surface area contributed by atoms with Gasteiger partial charge in [0.2, 0.25) is 6.79 Å². The van der Waals surface area contributed by atoms with Crippen molar-refractivity contribution in [1.29, 1.82) is 0 Å². The maximum absolute atomic E-state index is 13.6. The molecule has 0 fully saturated rings. The van der Waals surface area contributed by atoms with Crippen LogP contribution in [0.4, 0.5) is 15.8 Å². The van der Waals surface area contributed by atoms with Crippen molar-refractivity contribution in [3.05, 3.63) is 47.3 Å². The molecule has 1 aliphatic rings. The van der Waals surface area contributed by atoms with E-state index in [1.807, 2.05) is 0 Å². The van der Waals surface area contributed by atoms with E-state index >= 15 is 0 Å². The Bertz CT molecular complexity index is 708. The largest absolute Gasteiger partial charge is 0.454 e. The number of anilines is 2. The normalized spacial score (nSPS) is 12.3. The molecule has 0 saturated carbocycles. The van der Waals surface area contributed by atoms with Gasteiger partial charge in [-0.2, -0.15) is 0 Å². The molecule has 1 amide bonds. The summed E-state index contributed by atoms with van der Waals surface area (Å²) < 4.78 is 24.0. The Hall–Kier alpha value is -2.76. The molecule has 0 unspecified atom stereocenters. The predicted octanol–water partition coefficient (Wildman–Crippen LogP) is 2.70. The van der Waals surface area contributed by atoms with Gasteiger partial charge in [-0.3, -0.25) is 4.79 Å². The van der Waals surface area contributed by atoms with Crippen molar-refractivity contribution in [1.82, 2.24) is 0 Å². The highest BCUT2D eigenvalue weighted by molar-refractivity contribution is 6.05. The third kappa shape index (κ3) is 2.47. The van der Waals surface area contributed by atoms with Crippen LogP contribution in [0.5, 0.6) is 11.5 Å². The zero-order chi connectivity index (χ0) is 15.0. The van der Waals surface area contributed by atoms with Crippen LogP contribution in [-0.2, 0) is 0 Å². The second-order valence-electron chi connectivity index (χ2n) is 4.69. The first-order chi connectivity index (χ1) is 10.0. The van der Waals surface area contributed by atoms with Gasteiger partial charge in [-0.15, -0.1) is 0 Å². The molecule has 21 heavy (non-hydrogen) atoms. The summed E-state index contributed by atoms with van der Waals surface area (Å²) in [6.45, 7) is 1.72. The summed E-state index contributed by atoms with van der Waals surface area (Å²) in [5.74, 6) is 0.228. The molecule has 2 aromatic rings. The molecule has 0 saturated heterocycles. The summed E-state index contributed by atoms with van der Waals surface area (Å²) >= 11 is 0. The van der Waals surface area contributed by atoms with E-state index in [2.05, 4.69) is 5.32 Å². The molecular weight excluding hydrogens is 275 g/mol. The van der Waals surface area contributed by atoms with Crippen LogP contribution in [0.15, 0.2) is 30.3 Å². The lowest BCUT2D eigenvalue weighted by Gasteiger charge is -2.08. The monoisotopic (exact) mass is 288 g/mol. The van der Waals surface area contributed by atoms with Crippen molar-refractivity contribution in [2.24, 2.45) is 0 Å². The van der Waals surface area contributed by atoms with Crippen LogP contribution >= 0.6 is 0 Å². The van der Waals surface area contributed by atoms with Gasteiger partial charge in [-0.25, -0.2) is 4.39 Å². The Labute approximate surface area is 120 Å². The quantitative estimate of drug-likeness (QED) is 0.833. The van der Waals surface area contributed by atoms with Crippen molar-refractivity contribution < 1.29 is 18.7 Å². The minimum absolute atomic E-state index is 0.159. The van der Waals surface area contributed by atoms with Crippen LogP contribution in [-0.4, -0.2) is 12.7 Å². The molecule has 0 spiro atoms. The average Bonchev–Trinajstić information content (AvgIpc) is 2.91. The number of ether oxygens (including phenoxy) is 2. The summed E-state index contributed by atoms with van der Waals surface area (Å²) in [4.78, 5) is 12.1. The van der Waals surface area contributed by atoms with Crippen molar-refractivity contribution in [3.63, 3.8) is 0 Å². The highest BCUT2D eigenvalue weighted by Crippen LogP contribution is 2.34. The lowest BCUT2D eigenvalue weighted by molar-refractivity contribution is 0.102. The number of hydrogen-bond donors (Lipinski definition) is 2. The SMILES string of the molecule is Cc1c(N)cc(C(=O)Nc2ccc3c(c2)OCO3)cc1F. The van der Waals surface area contributed by atoms with Crippen molar-refractivity contribution in [3.8, 4) is 11.5 Å². The maximum atomic E-state index is 13.6. The number of nitrogens with one attached hydrogen (secondary N) is 1. The van der Waals surface area contributed by atoms with Crippen LogP contribution in [0, 0.1) is 12.7 Å². The van der Waals surface area contributed by atoms with Gasteiger partial charge in [0.1, 0.15) is 5.82 Å². The Morgan fingerprint density at radius 1 is 1.24 bits per heavy atom. The zero-order valence-corrected chi connectivity index (χ0v) is 11.3. The van der Waals surface area contributed by atoms with Crippen LogP contribution in [0.2, 0.25) is 0 Å². The summed E-state index contributed by atoms with van der Waals surface area (Å²) in [5, 5.41) is 2.67. The van der Waals surface area contributed by atoms with Gasteiger partial charge in [-0.1, -0.05) is 0 Å². The molecule has 108 valence electrons. The molecule has 3 N–H and O–H groups in total. The highest BCUT2D eigenvalue weighted by Gasteiger charge is 2.15. The number of hydrogen-bond acceptors (Lipinski definition) is 4. The van der Waals surface area contributed by atoms with Crippen LogP contribution in [0.3, 0.4) is 0 Å². The molecule has 0 atom stereocenters. The smallest absolute Gasteiger partial charge is 0.255 e. The van der Waals surface area contributed by atoms with Crippen LogP contribution < -0.4 is 20.5 Å². The summed E-state index contributed by atoms with van der Waals surface area (Å²) in [7, 11) is 0. The number of benzene rings is 2. The van der Waals surface area contributed by atoms with Gasteiger partial charge in [0.25, 0.3) is 5.91 Å². The molecule has 0 bridgehead atoms. The van der Waals surface area contributed by atoms with E-state index in [0.717, 1.165) is 6.07 Å². The Balaban J connectivity index is 1.83. The average molecular weight is 288 g/mol. The van der Waals surface area contributed by atoms with E-state index in [-0.39, 0.29) is 18.0 Å². The van der Waals surface area contributed by atoms with E-state index < -0.39 is 11.7 Å². The maximum Gasteiger partial charge on any atom is 0.255 e. The molecule has 3 rings (SSSR count). The molecule has 0 aliphatic carbocycles. The van der Waals surface area contributed by atoms with Gasteiger partial charge in [0, 0.05) is 28.6 Å². The number of carbonyl (C=O) groups excluding carboxylic acids is 1. The Morgan fingerprint density at radius 2 is 2.00 bits per heavy atom. The number of fused-ring (bicyclic) bond motifs is 1. The molecule has 6 heteroatoms. The first-order valence-corrected chi connectivity index (χ1v) is 6.31. The minimum Gasteiger partial charge on any atom is -0.454 e. The predicted molar refractivity (Wildman–Crippen MR) is 76.1 cm³/mol. The zero-order valence-electron chi connectivity index (χ0n) is 11.3. The molecule has 1 heterocycles. The lowest BCUT2D eigenvalue weighted by atomic mass is 10.1. The summed E-state index contributed by atoms with van der Waals surface area (Å²) in [6, 6.07) is 7.63. The third-order valence-electron chi connectivity index (χ3n) is 3.28. The Morgan fingerprint density at radius 3 is 2.76 bits per heavy atom. The van der Waals surface area contributed by atoms with Crippen molar-refractivity contribution in [2.75, 3.05) is 17.8 Å². The van der Waals surface area contributed by atoms with Gasteiger partial charge in [0.05, 0.1) is 0 Å². The molecule has 0 radical (unpaired) electrons. The van der Waals surface area contributed by atoms with Gasteiger partial charge >= 0.3 is 0 Å². The second kappa shape index (κ2) is 4.97. The number of rotatable bonds is 2. The number of halogens is 1. The van der Waals surface area contributed by atoms with Crippen molar-refractivity contribution >= 4 is 17.3 Å². The van der Waals surface area contributed by atoms with Crippen molar-refractivity contribution in [2.45, 2.75) is 6.92 Å². The van der Waals surface area contributed by atoms with E-state index in [0.29, 0.717) is 22.7 Å². The lowest BCUT2D eigenvalue weighted by Crippen LogP contribution is -2.13. The van der Waals surface area contributed by atoms with E-state index in [1.54, 1.807) is 25.1 Å². The standard InChI is InChI=1S/C15H13FN2O3/c1-8-11(16)4-9(5-12(8)17)15(19)18-10-2-3-13-14(6-10)21-7-20-13/h2-6H,7,17H2,1H3,(H,18,19). The van der Waals surface area contributed by atoms with Crippen LogP contribution in [0.25, 0.3) is 0 Å². The summed E-state index contributed by atoms with van der Waals surface area (Å²) in [5.41, 5.74) is 6.93. The van der Waals surface area contributed by atoms with E-state index in [1.165, 1.54) is 6.07 Å². The molecule has 0 aromatic heterocycles. The number of nitrogen functional groups attached to an aromatic ring is 1. The highest BCUT2D eigenvalue weighted by atomic mass is 19.1. The fraction of sp³-hybridized carbons (Fsp3) is 0.133. The molecular formula is C15H13FN2O3. The van der Waals surface area contributed by atoms with E-state index in [4.69, 9.17) is 15.2 Å². The summed E-state index contributed by atoms with van der Waals surface area (Å²) in [6.07, 6.45) is 0. The van der Waals surface area contributed by atoms with E-state index in [9.17, 15) is 9.18 Å². The van der Waals surface area contributed by atoms with Gasteiger partial charge in [0.15, 0.2) is 11.5 Å². The van der Waals surface area contributed by atoms with Gasteiger partial charge < -0.3 is 20.5 Å². The number of carbonyl (C=O) groups is 1. The fourth-order valence-corrected chi connectivity index (χ4v) is 2.01. The first-order valence-electron chi connectivity index (χ1n) is 6.31. The number of nitrogens with two attached hydrogens (primary N) is 1. The molecule has 2 aromatic carbocycles. The topological polar surface area (TPSA) is 73.6 Å². The second-order valence-corrected chi connectivity index (χ2v) is 4.69. The Kier molecular flexibility index (Phi) is 3.13. The third-order valence-corrected chi connectivity index (χ3v) is 3.28.